The second kappa shape index (κ2) is 6.04. The number of anilines is 1. The van der Waals surface area contributed by atoms with Crippen molar-refractivity contribution in [2.75, 3.05) is 18.5 Å². The molecule has 0 atom stereocenters. The number of halogens is 1. The molecule has 0 saturated carbocycles. The third-order valence-electron chi connectivity index (χ3n) is 2.09. The fourth-order valence-electron chi connectivity index (χ4n) is 1.20. The predicted octanol–water partition coefficient (Wildman–Crippen LogP) is 0.574. The molecule has 0 amide bonds. The first-order valence-electron chi connectivity index (χ1n) is 4.75. The van der Waals surface area contributed by atoms with Gasteiger partial charge in [0, 0.05) is 19.3 Å². The van der Waals surface area contributed by atoms with Gasteiger partial charge in [0.15, 0.2) is 0 Å². The highest BCUT2D eigenvalue weighted by molar-refractivity contribution is 5.69. The zero-order valence-corrected chi connectivity index (χ0v) is 8.94. The van der Waals surface area contributed by atoms with Crippen molar-refractivity contribution < 1.29 is 14.0 Å². The lowest BCUT2D eigenvalue weighted by Gasteiger charge is -2.18. The van der Waals surface area contributed by atoms with Crippen molar-refractivity contribution in [3.63, 3.8) is 0 Å². The smallest absolute Gasteiger partial charge is 0.328 e. The largest absolute Gasteiger partial charge is 0.374 e. The zero-order valence-electron chi connectivity index (χ0n) is 8.94. The highest BCUT2D eigenvalue weighted by Crippen LogP contribution is 2.13. The van der Waals surface area contributed by atoms with Gasteiger partial charge in [0.05, 0.1) is 6.42 Å². The topological polar surface area (TPSA) is 67.6 Å². The Morgan fingerprint density at radius 2 is 2.12 bits per heavy atom. The Bertz CT molecular complexity index is 342. The van der Waals surface area contributed by atoms with Crippen LogP contribution >= 0.6 is 0 Å². The van der Waals surface area contributed by atoms with Crippen molar-refractivity contribution in [1.29, 1.82) is 0 Å². The van der Waals surface area contributed by atoms with Gasteiger partial charge >= 0.3 is 5.97 Å². The van der Waals surface area contributed by atoms with Crippen molar-refractivity contribution in [1.82, 2.24) is 5.59 Å². The molecular formula is C10H14FN3O2. The second-order valence-electron chi connectivity index (χ2n) is 3.24. The van der Waals surface area contributed by atoms with E-state index in [1.54, 1.807) is 19.2 Å². The molecule has 6 heteroatoms. The summed E-state index contributed by atoms with van der Waals surface area (Å²) in [6, 6.07) is 6.01. The first kappa shape index (κ1) is 12.4. The average Bonchev–Trinajstić information content (AvgIpc) is 2.27. The first-order chi connectivity index (χ1) is 7.63. The van der Waals surface area contributed by atoms with Crippen LogP contribution in [0.15, 0.2) is 24.3 Å². The number of carbonyl (C=O) groups is 1. The van der Waals surface area contributed by atoms with Crippen molar-refractivity contribution in [3.05, 3.63) is 30.1 Å². The van der Waals surface area contributed by atoms with Crippen LogP contribution in [-0.2, 0) is 9.63 Å². The van der Waals surface area contributed by atoms with E-state index in [-0.39, 0.29) is 12.2 Å². The number of rotatable bonds is 5. The van der Waals surface area contributed by atoms with E-state index in [9.17, 15) is 9.18 Å². The predicted molar refractivity (Wildman–Crippen MR) is 57.7 cm³/mol. The van der Waals surface area contributed by atoms with Gasteiger partial charge in [0.2, 0.25) is 0 Å². The fraction of sp³-hybridized carbons (Fsp3) is 0.300. The van der Waals surface area contributed by atoms with E-state index in [2.05, 4.69) is 4.84 Å². The Labute approximate surface area is 92.9 Å². The summed E-state index contributed by atoms with van der Waals surface area (Å²) in [5.74, 6) is 4.08. The minimum Gasteiger partial charge on any atom is -0.374 e. The number of nitrogens with one attached hydrogen (secondary N) is 1. The van der Waals surface area contributed by atoms with E-state index in [0.717, 1.165) is 5.69 Å². The van der Waals surface area contributed by atoms with Crippen LogP contribution < -0.4 is 16.3 Å². The lowest BCUT2D eigenvalue weighted by atomic mass is 10.3. The van der Waals surface area contributed by atoms with E-state index in [1.165, 1.54) is 12.1 Å². The van der Waals surface area contributed by atoms with Gasteiger partial charge in [-0.25, -0.2) is 10.2 Å². The summed E-state index contributed by atoms with van der Waals surface area (Å²) in [5.41, 5.74) is 2.65. The molecule has 0 radical (unpaired) electrons. The third-order valence-corrected chi connectivity index (χ3v) is 2.09. The summed E-state index contributed by atoms with van der Waals surface area (Å²) in [4.78, 5) is 17.1. The first-order valence-corrected chi connectivity index (χ1v) is 4.75. The average molecular weight is 227 g/mol. The lowest BCUT2D eigenvalue weighted by Crippen LogP contribution is -2.29. The van der Waals surface area contributed by atoms with Crippen molar-refractivity contribution in [2.45, 2.75) is 6.42 Å². The van der Waals surface area contributed by atoms with E-state index in [1.807, 2.05) is 10.5 Å². The standard InChI is InChI=1S/C10H14FN3O2/c1-14(7-6-10(15)16-13-12)9-4-2-8(11)3-5-9/h2-5,13H,6-7,12H2,1H3. The Hall–Kier alpha value is -1.66. The van der Waals surface area contributed by atoms with Gasteiger partial charge in [-0.3, -0.25) is 4.79 Å². The number of hydrazine groups is 1. The summed E-state index contributed by atoms with van der Waals surface area (Å²) in [7, 11) is 1.80. The molecule has 0 aliphatic heterocycles. The fourth-order valence-corrected chi connectivity index (χ4v) is 1.20. The molecule has 0 unspecified atom stereocenters. The summed E-state index contributed by atoms with van der Waals surface area (Å²) < 4.78 is 12.6. The molecular weight excluding hydrogens is 213 g/mol. The van der Waals surface area contributed by atoms with E-state index in [0.29, 0.717) is 6.54 Å². The zero-order chi connectivity index (χ0) is 12.0. The summed E-state index contributed by atoms with van der Waals surface area (Å²) in [6.07, 6.45) is 0.193. The Balaban J connectivity index is 2.43. The van der Waals surface area contributed by atoms with Crippen LogP contribution in [0.25, 0.3) is 0 Å². The van der Waals surface area contributed by atoms with Crippen molar-refractivity contribution >= 4 is 11.7 Å². The molecule has 0 saturated heterocycles. The van der Waals surface area contributed by atoms with E-state index < -0.39 is 5.97 Å². The molecule has 3 N–H and O–H groups in total. The maximum Gasteiger partial charge on any atom is 0.328 e. The molecule has 0 fully saturated rings. The highest BCUT2D eigenvalue weighted by Gasteiger charge is 2.06. The normalized spacial score (nSPS) is 9.94. The SMILES string of the molecule is CN(CCC(=O)ONN)c1ccc(F)cc1. The van der Waals surface area contributed by atoms with Crippen LogP contribution in [0.3, 0.4) is 0 Å². The monoisotopic (exact) mass is 227 g/mol. The third kappa shape index (κ3) is 3.84. The van der Waals surface area contributed by atoms with Crippen LogP contribution in [0.2, 0.25) is 0 Å². The van der Waals surface area contributed by atoms with Gasteiger partial charge in [-0.05, 0) is 24.3 Å². The number of carbonyl (C=O) groups excluding carboxylic acids is 1. The molecule has 0 aliphatic rings. The molecule has 0 aromatic heterocycles. The Kier molecular flexibility index (Phi) is 4.68. The van der Waals surface area contributed by atoms with Crippen LogP contribution in [0.4, 0.5) is 10.1 Å². The number of hydrogen-bond donors (Lipinski definition) is 2. The Morgan fingerprint density at radius 3 is 2.69 bits per heavy atom. The molecule has 1 aromatic carbocycles. The summed E-state index contributed by atoms with van der Waals surface area (Å²) in [5, 5.41) is 0. The number of nitrogens with two attached hydrogens (primary N) is 1. The van der Waals surface area contributed by atoms with Crippen LogP contribution in [0, 0.1) is 5.82 Å². The second-order valence-corrected chi connectivity index (χ2v) is 3.24. The van der Waals surface area contributed by atoms with Gasteiger partial charge in [0.1, 0.15) is 5.82 Å². The molecule has 0 aliphatic carbocycles. The molecule has 1 aromatic rings. The molecule has 0 heterocycles. The number of nitrogens with zero attached hydrogens (tertiary/aromatic N) is 1. The molecule has 1 rings (SSSR count). The van der Waals surface area contributed by atoms with Crippen molar-refractivity contribution in [3.8, 4) is 0 Å². The highest BCUT2D eigenvalue weighted by atomic mass is 19.1. The minimum atomic E-state index is -0.448. The van der Waals surface area contributed by atoms with E-state index in [4.69, 9.17) is 5.84 Å². The number of hydrogen-bond acceptors (Lipinski definition) is 5. The Morgan fingerprint density at radius 1 is 1.50 bits per heavy atom. The van der Waals surface area contributed by atoms with Gasteiger partial charge in [0.25, 0.3) is 0 Å². The van der Waals surface area contributed by atoms with Gasteiger partial charge in [-0.2, -0.15) is 0 Å². The molecule has 5 nitrogen and oxygen atoms in total. The number of benzene rings is 1. The van der Waals surface area contributed by atoms with Crippen LogP contribution in [-0.4, -0.2) is 19.6 Å². The van der Waals surface area contributed by atoms with Crippen LogP contribution in [0.5, 0.6) is 0 Å². The van der Waals surface area contributed by atoms with Crippen molar-refractivity contribution in [2.24, 2.45) is 5.84 Å². The molecule has 16 heavy (non-hydrogen) atoms. The van der Waals surface area contributed by atoms with Crippen LogP contribution in [0.1, 0.15) is 6.42 Å². The summed E-state index contributed by atoms with van der Waals surface area (Å²) in [6.45, 7) is 0.464. The van der Waals surface area contributed by atoms with E-state index >= 15 is 0 Å². The molecule has 0 bridgehead atoms. The quantitative estimate of drug-likeness (QED) is 0.568. The molecule has 0 spiro atoms. The molecule has 88 valence electrons. The van der Waals surface area contributed by atoms with Gasteiger partial charge < -0.3 is 9.74 Å². The lowest BCUT2D eigenvalue weighted by molar-refractivity contribution is -0.150. The maximum absolute atomic E-state index is 12.6. The summed E-state index contributed by atoms with van der Waals surface area (Å²) >= 11 is 0. The van der Waals surface area contributed by atoms with Gasteiger partial charge in [-0.1, -0.05) is 5.59 Å². The minimum absolute atomic E-state index is 0.193. The maximum atomic E-state index is 12.6. The van der Waals surface area contributed by atoms with Gasteiger partial charge in [-0.15, -0.1) is 0 Å².